The molecule has 5 heteroatoms. The minimum atomic E-state index is -0.0394. The Kier molecular flexibility index (Phi) is 6.56. The Hall–Kier alpha value is -2.27. The minimum Gasteiger partial charge on any atom is -0.345 e. The Morgan fingerprint density at radius 1 is 1.22 bits per heavy atom. The van der Waals surface area contributed by atoms with Gasteiger partial charge in [-0.25, -0.2) is 9.97 Å². The van der Waals surface area contributed by atoms with E-state index < -0.39 is 0 Å². The predicted octanol–water partition coefficient (Wildman–Crippen LogP) is 3.65. The second-order valence-corrected chi connectivity index (χ2v) is 7.56. The molecule has 1 aliphatic heterocycles. The zero-order valence-electron chi connectivity index (χ0n) is 16.7. The predicted molar refractivity (Wildman–Crippen MR) is 108 cm³/mol. The molecule has 0 radical (unpaired) electrons. The standard InChI is InChI=1S/C22H30N4O/c1-17-19(22(27)25(2)3)16-23-21(24-17)20-13-7-8-14-26(20)15-9-12-18-10-5-4-6-11-18/h4-6,10-11,16,20H,7-9,12-15H2,1-3H3/t20-/m1/s1. The van der Waals surface area contributed by atoms with Crippen molar-refractivity contribution < 1.29 is 4.79 Å². The van der Waals surface area contributed by atoms with Crippen molar-refractivity contribution in [3.63, 3.8) is 0 Å². The first kappa shape index (κ1) is 19.5. The average Bonchev–Trinajstić information content (AvgIpc) is 2.68. The summed E-state index contributed by atoms with van der Waals surface area (Å²) in [5, 5.41) is 0. The molecule has 144 valence electrons. The Labute approximate surface area is 162 Å². The quantitative estimate of drug-likeness (QED) is 0.783. The lowest BCUT2D eigenvalue weighted by atomic mass is 10.00. The molecule has 0 N–H and O–H groups in total. The van der Waals surface area contributed by atoms with E-state index in [-0.39, 0.29) is 11.9 Å². The molecule has 1 aliphatic rings. The summed E-state index contributed by atoms with van der Waals surface area (Å²) in [6.45, 7) is 4.06. The van der Waals surface area contributed by atoms with Crippen LogP contribution in [0.4, 0.5) is 0 Å². The second-order valence-electron chi connectivity index (χ2n) is 7.56. The van der Waals surface area contributed by atoms with Crippen LogP contribution in [0, 0.1) is 6.92 Å². The number of likely N-dealkylation sites (tertiary alicyclic amines) is 1. The number of aromatic nitrogens is 2. The monoisotopic (exact) mass is 366 g/mol. The Morgan fingerprint density at radius 3 is 2.70 bits per heavy atom. The van der Waals surface area contributed by atoms with Gasteiger partial charge in [0.2, 0.25) is 0 Å². The van der Waals surface area contributed by atoms with E-state index in [2.05, 4.69) is 40.2 Å². The van der Waals surface area contributed by atoms with Gasteiger partial charge in [0.25, 0.3) is 5.91 Å². The van der Waals surface area contributed by atoms with Crippen LogP contribution in [0.25, 0.3) is 0 Å². The van der Waals surface area contributed by atoms with Gasteiger partial charge in [0, 0.05) is 20.3 Å². The van der Waals surface area contributed by atoms with Crippen LogP contribution in [0.2, 0.25) is 0 Å². The van der Waals surface area contributed by atoms with Crippen LogP contribution < -0.4 is 0 Å². The van der Waals surface area contributed by atoms with Gasteiger partial charge in [-0.2, -0.15) is 0 Å². The highest BCUT2D eigenvalue weighted by Crippen LogP contribution is 2.29. The van der Waals surface area contributed by atoms with Crippen molar-refractivity contribution in [2.75, 3.05) is 27.2 Å². The molecule has 0 spiro atoms. The SMILES string of the molecule is Cc1nc([C@H]2CCCCN2CCCc2ccccc2)ncc1C(=O)N(C)C. The molecule has 1 atom stereocenters. The summed E-state index contributed by atoms with van der Waals surface area (Å²) in [6.07, 6.45) is 7.47. The molecule has 2 aromatic rings. The summed E-state index contributed by atoms with van der Waals surface area (Å²) in [4.78, 5) is 25.6. The van der Waals surface area contributed by atoms with E-state index in [0.717, 1.165) is 43.9 Å². The zero-order chi connectivity index (χ0) is 19.2. The third-order valence-electron chi connectivity index (χ3n) is 5.30. The number of piperidine rings is 1. The van der Waals surface area contributed by atoms with Gasteiger partial charge >= 0.3 is 0 Å². The van der Waals surface area contributed by atoms with Crippen LogP contribution in [-0.4, -0.2) is 52.9 Å². The van der Waals surface area contributed by atoms with Crippen LogP contribution in [0.5, 0.6) is 0 Å². The maximum Gasteiger partial charge on any atom is 0.256 e. The third kappa shape index (κ3) is 4.92. The summed E-state index contributed by atoms with van der Waals surface area (Å²) in [7, 11) is 3.51. The van der Waals surface area contributed by atoms with Crippen LogP contribution in [-0.2, 0) is 6.42 Å². The molecule has 1 aromatic carbocycles. The zero-order valence-corrected chi connectivity index (χ0v) is 16.7. The van der Waals surface area contributed by atoms with E-state index in [1.165, 1.54) is 18.4 Å². The summed E-state index contributed by atoms with van der Waals surface area (Å²) in [5.74, 6) is 0.824. The van der Waals surface area contributed by atoms with Gasteiger partial charge < -0.3 is 4.90 Å². The van der Waals surface area contributed by atoms with E-state index in [9.17, 15) is 4.79 Å². The molecule has 3 rings (SSSR count). The molecule has 0 unspecified atom stereocenters. The van der Waals surface area contributed by atoms with Gasteiger partial charge in [-0.05, 0) is 51.3 Å². The Balaban J connectivity index is 1.67. The number of aryl methyl sites for hydroxylation is 2. The van der Waals surface area contributed by atoms with E-state index >= 15 is 0 Å². The maximum absolute atomic E-state index is 12.2. The molecule has 5 nitrogen and oxygen atoms in total. The number of benzene rings is 1. The fourth-order valence-electron chi connectivity index (χ4n) is 3.78. The second kappa shape index (κ2) is 9.09. The van der Waals surface area contributed by atoms with Crippen molar-refractivity contribution in [1.82, 2.24) is 19.8 Å². The molecular weight excluding hydrogens is 336 g/mol. The number of hydrogen-bond acceptors (Lipinski definition) is 4. The first-order valence-electron chi connectivity index (χ1n) is 9.89. The van der Waals surface area contributed by atoms with E-state index in [0.29, 0.717) is 5.56 Å². The third-order valence-corrected chi connectivity index (χ3v) is 5.30. The van der Waals surface area contributed by atoms with Crippen LogP contribution >= 0.6 is 0 Å². The molecule has 2 heterocycles. The molecule has 0 saturated carbocycles. The summed E-state index contributed by atoms with van der Waals surface area (Å²) in [6, 6.07) is 10.9. The first-order valence-corrected chi connectivity index (χ1v) is 9.89. The highest BCUT2D eigenvalue weighted by molar-refractivity contribution is 5.94. The van der Waals surface area contributed by atoms with Gasteiger partial charge in [0.05, 0.1) is 17.3 Å². The van der Waals surface area contributed by atoms with Crippen molar-refractivity contribution >= 4 is 5.91 Å². The lowest BCUT2D eigenvalue weighted by Gasteiger charge is -2.34. The number of rotatable bonds is 6. The molecule has 0 bridgehead atoms. The van der Waals surface area contributed by atoms with Gasteiger partial charge in [0.15, 0.2) is 0 Å². The van der Waals surface area contributed by atoms with Crippen molar-refractivity contribution in [3.8, 4) is 0 Å². The molecule has 27 heavy (non-hydrogen) atoms. The van der Waals surface area contributed by atoms with Crippen molar-refractivity contribution in [1.29, 1.82) is 0 Å². The summed E-state index contributed by atoms with van der Waals surface area (Å²) < 4.78 is 0. The lowest BCUT2D eigenvalue weighted by Crippen LogP contribution is -2.35. The van der Waals surface area contributed by atoms with Crippen LogP contribution in [0.1, 0.15) is 59.2 Å². The minimum absolute atomic E-state index is 0.0394. The lowest BCUT2D eigenvalue weighted by molar-refractivity contribution is 0.0825. The van der Waals surface area contributed by atoms with Crippen molar-refractivity contribution in [3.05, 3.63) is 59.2 Å². The molecule has 1 amide bonds. The van der Waals surface area contributed by atoms with Crippen molar-refractivity contribution in [2.45, 2.75) is 45.1 Å². The van der Waals surface area contributed by atoms with E-state index in [4.69, 9.17) is 4.98 Å². The van der Waals surface area contributed by atoms with Crippen molar-refractivity contribution in [2.24, 2.45) is 0 Å². The topological polar surface area (TPSA) is 49.3 Å². The Bertz CT molecular complexity index is 760. The average molecular weight is 367 g/mol. The molecule has 1 fully saturated rings. The normalized spacial score (nSPS) is 17.7. The van der Waals surface area contributed by atoms with Crippen LogP contribution in [0.3, 0.4) is 0 Å². The Morgan fingerprint density at radius 2 is 2.00 bits per heavy atom. The summed E-state index contributed by atoms with van der Waals surface area (Å²) >= 11 is 0. The molecule has 0 aliphatic carbocycles. The number of hydrogen-bond donors (Lipinski definition) is 0. The van der Waals surface area contributed by atoms with Gasteiger partial charge in [-0.15, -0.1) is 0 Å². The largest absolute Gasteiger partial charge is 0.345 e. The number of carbonyl (C=O) groups is 1. The summed E-state index contributed by atoms with van der Waals surface area (Å²) in [5.41, 5.74) is 2.76. The maximum atomic E-state index is 12.2. The highest BCUT2D eigenvalue weighted by atomic mass is 16.2. The number of amides is 1. The van der Waals surface area contributed by atoms with Gasteiger partial charge in [-0.3, -0.25) is 9.69 Å². The highest BCUT2D eigenvalue weighted by Gasteiger charge is 2.26. The van der Waals surface area contributed by atoms with E-state index in [1.807, 2.05) is 6.92 Å². The fourth-order valence-corrected chi connectivity index (χ4v) is 3.78. The van der Waals surface area contributed by atoms with Gasteiger partial charge in [0.1, 0.15) is 5.82 Å². The smallest absolute Gasteiger partial charge is 0.256 e. The number of nitrogens with zero attached hydrogens (tertiary/aromatic N) is 4. The molecule has 1 saturated heterocycles. The van der Waals surface area contributed by atoms with Gasteiger partial charge in [-0.1, -0.05) is 36.8 Å². The van der Waals surface area contributed by atoms with E-state index in [1.54, 1.807) is 25.2 Å². The molecular formula is C22H30N4O. The van der Waals surface area contributed by atoms with Crippen LogP contribution in [0.15, 0.2) is 36.5 Å². The number of carbonyl (C=O) groups excluding carboxylic acids is 1. The molecule has 1 aromatic heterocycles. The first-order chi connectivity index (χ1) is 13.1. The fraction of sp³-hybridized carbons (Fsp3) is 0.500.